The van der Waals surface area contributed by atoms with Crippen molar-refractivity contribution >= 4 is 5.97 Å². The van der Waals surface area contributed by atoms with E-state index in [0.717, 1.165) is 31.2 Å². The standard InChI is InChI=1S/C18H22O2/c1-4-12-18(20-17(19)14(2)3)13-8-7-10-15-9-5-6-11-16(15)18/h4-6,9,11-12H,2,7-8,10,13H2,1,3H3/b12-4+. The molecule has 1 atom stereocenters. The van der Waals surface area contributed by atoms with E-state index in [4.69, 9.17) is 4.74 Å². The SMILES string of the molecule is C=C(C)C(=O)OC1(/C=C/C)CCCCc2ccccc21. The molecule has 0 aromatic heterocycles. The number of esters is 1. The van der Waals surface area contributed by atoms with Crippen molar-refractivity contribution in [1.29, 1.82) is 0 Å². The lowest BCUT2D eigenvalue weighted by Crippen LogP contribution is -2.31. The highest BCUT2D eigenvalue weighted by atomic mass is 16.6. The maximum Gasteiger partial charge on any atom is 0.334 e. The van der Waals surface area contributed by atoms with Crippen molar-refractivity contribution in [3.05, 3.63) is 59.7 Å². The molecule has 106 valence electrons. The summed E-state index contributed by atoms with van der Waals surface area (Å²) in [5, 5.41) is 0. The van der Waals surface area contributed by atoms with Crippen LogP contribution < -0.4 is 0 Å². The Morgan fingerprint density at radius 1 is 1.35 bits per heavy atom. The zero-order chi connectivity index (χ0) is 14.6. The smallest absolute Gasteiger partial charge is 0.334 e. The van der Waals surface area contributed by atoms with E-state index in [-0.39, 0.29) is 5.97 Å². The van der Waals surface area contributed by atoms with Crippen LogP contribution in [0.1, 0.15) is 44.2 Å². The largest absolute Gasteiger partial charge is 0.447 e. The molecule has 20 heavy (non-hydrogen) atoms. The first-order valence-corrected chi connectivity index (χ1v) is 7.20. The number of hydrogen-bond acceptors (Lipinski definition) is 2. The van der Waals surface area contributed by atoms with Gasteiger partial charge in [-0.25, -0.2) is 4.79 Å². The lowest BCUT2D eigenvalue weighted by atomic mass is 9.87. The van der Waals surface area contributed by atoms with E-state index >= 15 is 0 Å². The molecule has 2 rings (SSSR count). The molecule has 0 N–H and O–H groups in total. The maximum absolute atomic E-state index is 12.1. The van der Waals surface area contributed by atoms with E-state index in [9.17, 15) is 4.79 Å². The number of benzene rings is 1. The van der Waals surface area contributed by atoms with Gasteiger partial charge < -0.3 is 4.74 Å². The summed E-state index contributed by atoms with van der Waals surface area (Å²) in [5.41, 5.74) is 2.19. The summed E-state index contributed by atoms with van der Waals surface area (Å²) < 4.78 is 5.86. The Morgan fingerprint density at radius 2 is 2.10 bits per heavy atom. The molecule has 0 amide bonds. The van der Waals surface area contributed by atoms with Crippen molar-refractivity contribution in [2.24, 2.45) is 0 Å². The molecule has 0 saturated heterocycles. The zero-order valence-electron chi connectivity index (χ0n) is 12.3. The Bertz CT molecular complexity index is 542. The lowest BCUT2D eigenvalue weighted by Gasteiger charge is -2.31. The number of fused-ring (bicyclic) bond motifs is 1. The Hall–Kier alpha value is -1.83. The molecule has 2 heteroatoms. The van der Waals surface area contributed by atoms with E-state index in [1.54, 1.807) is 6.92 Å². The highest BCUT2D eigenvalue weighted by molar-refractivity contribution is 5.87. The summed E-state index contributed by atoms with van der Waals surface area (Å²) in [7, 11) is 0. The molecule has 0 heterocycles. The molecular formula is C18H22O2. The minimum atomic E-state index is -0.641. The number of aryl methyl sites for hydroxylation is 1. The van der Waals surface area contributed by atoms with Crippen LogP contribution in [0.2, 0.25) is 0 Å². The predicted octanol–water partition coefficient (Wildman–Crippen LogP) is 4.30. The third-order valence-corrected chi connectivity index (χ3v) is 3.78. The fourth-order valence-electron chi connectivity index (χ4n) is 2.82. The molecule has 2 nitrogen and oxygen atoms in total. The first-order valence-electron chi connectivity index (χ1n) is 7.20. The number of ether oxygens (including phenoxy) is 1. The Kier molecular flexibility index (Phi) is 4.43. The van der Waals surface area contributed by atoms with Gasteiger partial charge in [-0.05, 0) is 51.2 Å². The normalized spacial score (nSPS) is 22.1. The fraction of sp³-hybridized carbons (Fsp3) is 0.389. The highest BCUT2D eigenvalue weighted by Crippen LogP contribution is 2.39. The van der Waals surface area contributed by atoms with Crippen LogP contribution in [-0.2, 0) is 21.6 Å². The van der Waals surface area contributed by atoms with Crippen LogP contribution in [0.3, 0.4) is 0 Å². The second kappa shape index (κ2) is 6.08. The molecule has 0 saturated carbocycles. The van der Waals surface area contributed by atoms with Crippen molar-refractivity contribution in [2.45, 2.75) is 45.1 Å². The third-order valence-electron chi connectivity index (χ3n) is 3.78. The molecular weight excluding hydrogens is 248 g/mol. The maximum atomic E-state index is 12.1. The van der Waals surface area contributed by atoms with Gasteiger partial charge in [0.1, 0.15) is 0 Å². The Balaban J connectivity index is 2.50. The summed E-state index contributed by atoms with van der Waals surface area (Å²) in [6.45, 7) is 7.34. The van der Waals surface area contributed by atoms with Crippen LogP contribution in [0.5, 0.6) is 0 Å². The highest BCUT2D eigenvalue weighted by Gasteiger charge is 2.36. The van der Waals surface area contributed by atoms with Gasteiger partial charge in [-0.15, -0.1) is 0 Å². The number of carbonyl (C=O) groups excluding carboxylic acids is 1. The molecule has 1 aliphatic rings. The van der Waals surface area contributed by atoms with Gasteiger partial charge in [0.25, 0.3) is 0 Å². The number of carbonyl (C=O) groups is 1. The van der Waals surface area contributed by atoms with Crippen LogP contribution in [0.4, 0.5) is 0 Å². The molecule has 0 bridgehead atoms. The zero-order valence-corrected chi connectivity index (χ0v) is 12.3. The Morgan fingerprint density at radius 3 is 2.80 bits per heavy atom. The van der Waals surface area contributed by atoms with Crippen LogP contribution in [0.15, 0.2) is 48.6 Å². The third kappa shape index (κ3) is 2.84. The average molecular weight is 270 g/mol. The summed E-state index contributed by atoms with van der Waals surface area (Å²) in [4.78, 5) is 12.1. The quantitative estimate of drug-likeness (QED) is 0.354. The first-order chi connectivity index (χ1) is 9.59. The van der Waals surface area contributed by atoms with Gasteiger partial charge in [0.15, 0.2) is 5.60 Å². The van der Waals surface area contributed by atoms with Crippen LogP contribution in [0.25, 0.3) is 0 Å². The second-order valence-corrected chi connectivity index (χ2v) is 5.42. The van der Waals surface area contributed by atoms with Crippen LogP contribution in [0, 0.1) is 0 Å². The lowest BCUT2D eigenvalue weighted by molar-refractivity contribution is -0.151. The van der Waals surface area contributed by atoms with Gasteiger partial charge in [-0.1, -0.05) is 36.9 Å². The van der Waals surface area contributed by atoms with E-state index < -0.39 is 5.60 Å². The van der Waals surface area contributed by atoms with E-state index in [1.807, 2.05) is 31.2 Å². The molecule has 1 aromatic rings. The summed E-state index contributed by atoms with van der Waals surface area (Å²) in [6.07, 6.45) is 8.02. The van der Waals surface area contributed by atoms with Gasteiger partial charge >= 0.3 is 5.97 Å². The molecule has 0 spiro atoms. The van der Waals surface area contributed by atoms with Gasteiger partial charge in [-0.3, -0.25) is 0 Å². The summed E-state index contributed by atoms with van der Waals surface area (Å²) in [6, 6.07) is 8.27. The first kappa shape index (κ1) is 14.6. The van der Waals surface area contributed by atoms with Crippen molar-refractivity contribution in [2.75, 3.05) is 0 Å². The second-order valence-electron chi connectivity index (χ2n) is 5.42. The van der Waals surface area contributed by atoms with Gasteiger partial charge in [0, 0.05) is 11.1 Å². The van der Waals surface area contributed by atoms with Gasteiger partial charge in [-0.2, -0.15) is 0 Å². The van der Waals surface area contributed by atoms with E-state index in [0.29, 0.717) is 5.57 Å². The average Bonchev–Trinajstić information content (AvgIpc) is 2.60. The Labute approximate surface area is 121 Å². The molecule has 0 radical (unpaired) electrons. The van der Waals surface area contributed by atoms with E-state index in [2.05, 4.69) is 18.7 Å². The number of hydrogen-bond donors (Lipinski definition) is 0. The monoisotopic (exact) mass is 270 g/mol. The number of rotatable bonds is 3. The minimum Gasteiger partial charge on any atom is -0.447 e. The van der Waals surface area contributed by atoms with Crippen LogP contribution in [-0.4, -0.2) is 5.97 Å². The number of allylic oxidation sites excluding steroid dienone is 1. The topological polar surface area (TPSA) is 26.3 Å². The molecule has 1 unspecified atom stereocenters. The summed E-state index contributed by atoms with van der Waals surface area (Å²) in [5.74, 6) is -0.320. The van der Waals surface area contributed by atoms with Crippen molar-refractivity contribution in [3.63, 3.8) is 0 Å². The molecule has 1 aromatic carbocycles. The molecule has 0 fully saturated rings. The van der Waals surface area contributed by atoms with Crippen molar-refractivity contribution in [3.8, 4) is 0 Å². The predicted molar refractivity (Wildman–Crippen MR) is 81.4 cm³/mol. The van der Waals surface area contributed by atoms with Crippen LogP contribution >= 0.6 is 0 Å². The van der Waals surface area contributed by atoms with E-state index in [1.165, 1.54) is 5.56 Å². The summed E-state index contributed by atoms with van der Waals surface area (Å²) >= 11 is 0. The fourth-order valence-corrected chi connectivity index (χ4v) is 2.82. The minimum absolute atomic E-state index is 0.320. The van der Waals surface area contributed by atoms with Crippen molar-refractivity contribution in [1.82, 2.24) is 0 Å². The molecule has 0 aliphatic heterocycles. The van der Waals surface area contributed by atoms with Gasteiger partial charge in [0.05, 0.1) is 0 Å². The van der Waals surface area contributed by atoms with Gasteiger partial charge in [0.2, 0.25) is 0 Å². The van der Waals surface area contributed by atoms with Crippen molar-refractivity contribution < 1.29 is 9.53 Å². The molecule has 1 aliphatic carbocycles.